The summed E-state index contributed by atoms with van der Waals surface area (Å²) in [7, 11) is 1.78. The van der Waals surface area contributed by atoms with E-state index in [9.17, 15) is 9.59 Å². The summed E-state index contributed by atoms with van der Waals surface area (Å²) in [6.07, 6.45) is 0. The van der Waals surface area contributed by atoms with E-state index in [0.29, 0.717) is 6.54 Å². The Labute approximate surface area is 112 Å². The largest absolute Gasteiger partial charge is 0.320 e. The van der Waals surface area contributed by atoms with Crippen molar-refractivity contribution in [3.63, 3.8) is 0 Å². The maximum atomic E-state index is 11.9. The van der Waals surface area contributed by atoms with E-state index in [4.69, 9.17) is 0 Å². The van der Waals surface area contributed by atoms with Crippen molar-refractivity contribution in [2.45, 2.75) is 13.0 Å². The molecule has 0 aromatic carbocycles. The first-order chi connectivity index (χ1) is 7.99. The third-order valence-electron chi connectivity index (χ3n) is 2.76. The average Bonchev–Trinajstić information content (AvgIpc) is 2.77. The predicted octanol–water partition coefficient (Wildman–Crippen LogP) is 2.51. The molecule has 0 radical (unpaired) electrons. The molecule has 0 N–H and O–H groups in total. The summed E-state index contributed by atoms with van der Waals surface area (Å²) in [5, 5.41) is 2.00. The van der Waals surface area contributed by atoms with Gasteiger partial charge in [-0.2, -0.15) is 0 Å². The van der Waals surface area contributed by atoms with Gasteiger partial charge in [0.2, 0.25) is 0 Å². The van der Waals surface area contributed by atoms with Crippen LogP contribution in [0.1, 0.15) is 17.8 Å². The Morgan fingerprint density at radius 3 is 2.88 bits per heavy atom. The van der Waals surface area contributed by atoms with Gasteiger partial charge in [0.05, 0.1) is 12.6 Å². The van der Waals surface area contributed by atoms with Crippen molar-refractivity contribution in [3.8, 4) is 0 Å². The number of thiophene rings is 1. The van der Waals surface area contributed by atoms with Gasteiger partial charge in [0.1, 0.15) is 5.78 Å². The molecule has 2 rings (SSSR count). The van der Waals surface area contributed by atoms with E-state index in [2.05, 4.69) is 15.9 Å². The Hall–Kier alpha value is -0.880. The number of urea groups is 1. The van der Waals surface area contributed by atoms with Crippen LogP contribution in [-0.4, -0.2) is 41.8 Å². The Bertz CT molecular complexity index is 460. The van der Waals surface area contributed by atoms with E-state index < -0.39 is 0 Å². The Kier molecular flexibility index (Phi) is 3.53. The molecule has 4 nitrogen and oxygen atoms in total. The van der Waals surface area contributed by atoms with Crippen molar-refractivity contribution in [2.75, 3.05) is 20.1 Å². The van der Waals surface area contributed by atoms with E-state index in [1.165, 1.54) is 6.92 Å². The van der Waals surface area contributed by atoms with Crippen molar-refractivity contribution in [1.82, 2.24) is 9.80 Å². The van der Waals surface area contributed by atoms with Crippen molar-refractivity contribution in [1.29, 1.82) is 0 Å². The lowest BCUT2D eigenvalue weighted by atomic mass is 10.2. The standard InChI is InChI=1S/C11H13BrN2O2S/c1-7(15)4-14-5-9(13(2)11(14)16)10-3-8(12)6-17-10/h3,6,9H,4-5H2,1-2H3. The van der Waals surface area contributed by atoms with Crippen LogP contribution < -0.4 is 0 Å². The lowest BCUT2D eigenvalue weighted by molar-refractivity contribution is -0.117. The number of hydrogen-bond donors (Lipinski definition) is 0. The Morgan fingerprint density at radius 1 is 1.65 bits per heavy atom. The Balaban J connectivity index is 2.16. The molecular weight excluding hydrogens is 304 g/mol. The van der Waals surface area contributed by atoms with Crippen molar-refractivity contribution in [2.24, 2.45) is 0 Å². The van der Waals surface area contributed by atoms with Crippen LogP contribution >= 0.6 is 27.3 Å². The highest BCUT2D eigenvalue weighted by atomic mass is 79.9. The van der Waals surface area contributed by atoms with Gasteiger partial charge in [-0.25, -0.2) is 4.79 Å². The molecule has 1 fully saturated rings. The SMILES string of the molecule is CC(=O)CN1CC(c2cc(Br)cs2)N(C)C1=O. The highest BCUT2D eigenvalue weighted by Crippen LogP contribution is 2.33. The minimum atomic E-state index is -0.0743. The summed E-state index contributed by atoms with van der Waals surface area (Å²) in [5.74, 6) is 0.0137. The van der Waals surface area contributed by atoms with Gasteiger partial charge in [-0.1, -0.05) is 0 Å². The van der Waals surface area contributed by atoms with Gasteiger partial charge < -0.3 is 9.80 Å². The maximum Gasteiger partial charge on any atom is 0.320 e. The molecule has 1 atom stereocenters. The molecule has 6 heteroatoms. The highest BCUT2D eigenvalue weighted by molar-refractivity contribution is 9.10. The zero-order valence-corrected chi connectivity index (χ0v) is 12.0. The summed E-state index contributed by atoms with van der Waals surface area (Å²) >= 11 is 5.03. The van der Waals surface area contributed by atoms with Crippen LogP contribution in [-0.2, 0) is 4.79 Å². The number of rotatable bonds is 3. The van der Waals surface area contributed by atoms with Crippen LogP contribution in [0, 0.1) is 0 Å². The topological polar surface area (TPSA) is 40.6 Å². The number of Topliss-reactive ketones (excluding diaryl/α,β-unsaturated/α-hetero) is 1. The lowest BCUT2D eigenvalue weighted by Gasteiger charge is -2.15. The number of amides is 2. The second-order valence-corrected chi connectivity index (χ2v) is 6.02. The van der Waals surface area contributed by atoms with E-state index in [1.54, 1.807) is 28.2 Å². The molecule has 0 saturated carbocycles. The van der Waals surface area contributed by atoms with Gasteiger partial charge >= 0.3 is 6.03 Å². The summed E-state index contributed by atoms with van der Waals surface area (Å²) in [5.41, 5.74) is 0. The number of carbonyl (C=O) groups excluding carboxylic acids is 2. The van der Waals surface area contributed by atoms with E-state index >= 15 is 0 Å². The van der Waals surface area contributed by atoms with E-state index in [1.807, 2.05) is 11.4 Å². The van der Waals surface area contributed by atoms with Crippen molar-refractivity contribution in [3.05, 3.63) is 20.8 Å². The van der Waals surface area contributed by atoms with E-state index in [0.717, 1.165) is 9.35 Å². The summed E-state index contributed by atoms with van der Waals surface area (Å²) in [6.45, 7) is 2.29. The third-order valence-corrected chi connectivity index (χ3v) is 4.56. The predicted molar refractivity (Wildman–Crippen MR) is 70.2 cm³/mol. The van der Waals surface area contributed by atoms with Crippen molar-refractivity contribution >= 4 is 39.1 Å². The minimum Gasteiger partial charge on any atom is -0.318 e. The number of nitrogens with zero attached hydrogens (tertiary/aromatic N) is 2. The zero-order valence-electron chi connectivity index (χ0n) is 9.64. The fourth-order valence-corrected chi connectivity index (χ4v) is 3.53. The van der Waals surface area contributed by atoms with E-state index in [-0.39, 0.29) is 24.4 Å². The molecule has 0 aliphatic carbocycles. The second kappa shape index (κ2) is 4.78. The van der Waals surface area contributed by atoms with Crippen molar-refractivity contribution < 1.29 is 9.59 Å². The molecule has 1 aliphatic rings. The zero-order chi connectivity index (χ0) is 12.6. The Morgan fingerprint density at radius 2 is 2.35 bits per heavy atom. The summed E-state index contributed by atoms with van der Waals surface area (Å²) in [6, 6.07) is 2.00. The molecular formula is C11H13BrN2O2S. The maximum absolute atomic E-state index is 11.9. The molecule has 1 aromatic heterocycles. The number of likely N-dealkylation sites (N-methyl/N-ethyl adjacent to an activating group) is 1. The molecule has 1 saturated heterocycles. The number of hydrogen-bond acceptors (Lipinski definition) is 3. The lowest BCUT2D eigenvalue weighted by Crippen LogP contribution is -2.32. The molecule has 17 heavy (non-hydrogen) atoms. The van der Waals surface area contributed by atoms with Crippen LogP contribution in [0.25, 0.3) is 0 Å². The normalized spacial score (nSPS) is 20.2. The molecule has 0 spiro atoms. The first-order valence-electron chi connectivity index (χ1n) is 5.24. The first kappa shape index (κ1) is 12.6. The van der Waals surface area contributed by atoms with Gasteiger partial charge in [0.25, 0.3) is 0 Å². The number of ketones is 1. The molecule has 0 bridgehead atoms. The smallest absolute Gasteiger partial charge is 0.318 e. The average molecular weight is 317 g/mol. The molecule has 1 aliphatic heterocycles. The number of carbonyl (C=O) groups is 2. The highest BCUT2D eigenvalue weighted by Gasteiger charge is 2.36. The minimum absolute atomic E-state index is 0.0137. The fraction of sp³-hybridized carbons (Fsp3) is 0.455. The monoisotopic (exact) mass is 316 g/mol. The fourth-order valence-electron chi connectivity index (χ4n) is 1.95. The first-order valence-corrected chi connectivity index (χ1v) is 6.91. The second-order valence-electron chi connectivity index (χ2n) is 4.16. The summed E-state index contributed by atoms with van der Waals surface area (Å²) < 4.78 is 1.03. The molecule has 1 unspecified atom stereocenters. The van der Waals surface area contributed by atoms with Gasteiger partial charge in [-0.05, 0) is 28.9 Å². The van der Waals surface area contributed by atoms with Gasteiger partial charge in [0.15, 0.2) is 0 Å². The number of halogens is 1. The van der Waals surface area contributed by atoms with Crippen LogP contribution in [0.3, 0.4) is 0 Å². The van der Waals surface area contributed by atoms with Gasteiger partial charge in [0, 0.05) is 28.3 Å². The molecule has 1 aromatic rings. The van der Waals surface area contributed by atoms with Crippen LogP contribution in [0.4, 0.5) is 4.79 Å². The molecule has 2 amide bonds. The van der Waals surface area contributed by atoms with Crippen LogP contribution in [0.5, 0.6) is 0 Å². The molecule has 92 valence electrons. The van der Waals surface area contributed by atoms with Gasteiger partial charge in [-0.3, -0.25) is 4.79 Å². The quantitative estimate of drug-likeness (QED) is 0.859. The van der Waals surface area contributed by atoms with Crippen LogP contribution in [0.15, 0.2) is 15.9 Å². The van der Waals surface area contributed by atoms with Crippen LogP contribution in [0.2, 0.25) is 0 Å². The third kappa shape index (κ3) is 2.52. The summed E-state index contributed by atoms with van der Waals surface area (Å²) in [4.78, 5) is 27.4. The van der Waals surface area contributed by atoms with Gasteiger partial charge in [-0.15, -0.1) is 11.3 Å². The molecule has 2 heterocycles.